The number of carbonyl (C=O) groups is 1. The predicted molar refractivity (Wildman–Crippen MR) is 118 cm³/mol. The quantitative estimate of drug-likeness (QED) is 0.456. The highest BCUT2D eigenvalue weighted by Gasteiger charge is 2.65. The highest BCUT2D eigenvalue weighted by atomic mass is 32.2. The summed E-state index contributed by atoms with van der Waals surface area (Å²) in [6, 6.07) is 2.82. The Morgan fingerprint density at radius 1 is 1.08 bits per heavy atom. The van der Waals surface area contributed by atoms with E-state index in [1.54, 1.807) is 23.0 Å². The second kappa shape index (κ2) is 7.89. The average molecular weight is 543 g/mol. The van der Waals surface area contributed by atoms with Gasteiger partial charge in [-0.2, -0.15) is 31.1 Å². The lowest BCUT2D eigenvalue weighted by atomic mass is 10.1. The monoisotopic (exact) mass is 543 g/mol. The lowest BCUT2D eigenvalue weighted by Crippen LogP contribution is -2.47. The first-order valence-corrected chi connectivity index (χ1v) is 12.0. The van der Waals surface area contributed by atoms with E-state index in [9.17, 15) is 39.6 Å². The molecule has 0 aromatic carbocycles. The van der Waals surface area contributed by atoms with E-state index in [1.165, 1.54) is 4.57 Å². The number of allylic oxidation sites excluding steroid dienone is 4. The maximum atomic E-state index is 13.3. The van der Waals surface area contributed by atoms with Crippen molar-refractivity contribution in [2.75, 3.05) is 0 Å². The summed E-state index contributed by atoms with van der Waals surface area (Å²) < 4.78 is 108. The van der Waals surface area contributed by atoms with Crippen molar-refractivity contribution < 1.29 is 39.6 Å². The van der Waals surface area contributed by atoms with Gasteiger partial charge >= 0.3 is 12.4 Å². The Balaban J connectivity index is 1.64. The summed E-state index contributed by atoms with van der Waals surface area (Å²) in [5, 5.41) is -0.209. The van der Waals surface area contributed by atoms with E-state index < -0.39 is 57.1 Å². The molecular weight excluding hydrogens is 528 g/mol. The Morgan fingerprint density at radius 2 is 1.76 bits per heavy atom. The standard InChI is InChI=1S/C22H15F6N5O3S/c23-21(24,25)11-8-14-16(18(29)34)17(33(12-2-1-3-12)19(14)31-9-11)15-5-4-13(10-30-15)37(35,36)32-20(6-7-20)22(26,27)28/h1-5,8-10,32H,6-7H2,(H2,29,34). The number of nitrogens with zero attached hydrogens (tertiary/aromatic N) is 3. The van der Waals surface area contributed by atoms with Gasteiger partial charge in [-0.15, -0.1) is 0 Å². The zero-order chi connectivity index (χ0) is 27.0. The van der Waals surface area contributed by atoms with Crippen LogP contribution in [0.3, 0.4) is 0 Å². The molecular formula is C22H15F6N5O3S. The number of carbonyl (C=O) groups excluding carboxylic acids is 1. The van der Waals surface area contributed by atoms with Crippen molar-refractivity contribution in [1.82, 2.24) is 19.3 Å². The zero-order valence-electron chi connectivity index (χ0n) is 18.4. The van der Waals surface area contributed by atoms with Crippen LogP contribution < -0.4 is 10.5 Å². The molecule has 3 aromatic rings. The molecule has 1 fully saturated rings. The Labute approximate surface area is 204 Å². The summed E-state index contributed by atoms with van der Waals surface area (Å²) >= 11 is 0. The smallest absolute Gasteiger partial charge is 0.366 e. The highest BCUT2D eigenvalue weighted by Crippen LogP contribution is 2.49. The molecule has 8 nitrogen and oxygen atoms in total. The number of amides is 1. The number of halogens is 6. The first-order chi connectivity index (χ1) is 17.1. The van der Waals surface area contributed by atoms with Crippen LogP contribution in [0.5, 0.6) is 0 Å². The van der Waals surface area contributed by atoms with Gasteiger partial charge in [0.15, 0.2) is 0 Å². The van der Waals surface area contributed by atoms with Crippen LogP contribution in [-0.4, -0.2) is 40.6 Å². The summed E-state index contributed by atoms with van der Waals surface area (Å²) in [4.78, 5) is 19.7. The van der Waals surface area contributed by atoms with Gasteiger partial charge < -0.3 is 5.73 Å². The summed E-state index contributed by atoms with van der Waals surface area (Å²) in [6.07, 6.45) is -4.17. The van der Waals surface area contributed by atoms with Gasteiger partial charge in [0, 0.05) is 23.5 Å². The number of alkyl halides is 6. The Bertz CT molecular complexity index is 1620. The van der Waals surface area contributed by atoms with Crippen LogP contribution in [0.2, 0.25) is 0 Å². The number of aromatic nitrogens is 3. The van der Waals surface area contributed by atoms with Crippen molar-refractivity contribution in [3.63, 3.8) is 0 Å². The number of nitrogens with two attached hydrogens (primary N) is 1. The highest BCUT2D eigenvalue weighted by molar-refractivity contribution is 7.89. The fraction of sp³-hybridized carbons (Fsp3) is 0.227. The van der Waals surface area contributed by atoms with Gasteiger partial charge in [-0.25, -0.2) is 13.4 Å². The second-order valence-electron chi connectivity index (χ2n) is 8.53. The summed E-state index contributed by atoms with van der Waals surface area (Å²) in [7, 11) is -4.62. The molecule has 0 atom stereocenters. The maximum Gasteiger partial charge on any atom is 0.417 e. The molecule has 1 amide bonds. The first-order valence-electron chi connectivity index (χ1n) is 10.5. The van der Waals surface area contributed by atoms with E-state index in [0.29, 0.717) is 11.9 Å². The molecule has 3 N–H and O–H groups in total. The Kier molecular flexibility index (Phi) is 5.32. The molecule has 2 aliphatic carbocycles. The van der Waals surface area contributed by atoms with Crippen LogP contribution in [0.4, 0.5) is 26.3 Å². The van der Waals surface area contributed by atoms with Crippen LogP contribution in [0.15, 0.2) is 53.7 Å². The van der Waals surface area contributed by atoms with Gasteiger partial charge in [-0.05, 0) is 43.2 Å². The van der Waals surface area contributed by atoms with Gasteiger partial charge in [0.05, 0.1) is 22.5 Å². The van der Waals surface area contributed by atoms with Gasteiger partial charge in [0.1, 0.15) is 16.1 Å². The summed E-state index contributed by atoms with van der Waals surface area (Å²) in [5.74, 6) is -1.09. The average Bonchev–Trinajstić information content (AvgIpc) is 3.46. The van der Waals surface area contributed by atoms with E-state index in [4.69, 9.17) is 5.73 Å². The molecule has 15 heteroatoms. The predicted octanol–water partition coefficient (Wildman–Crippen LogP) is 4.00. The van der Waals surface area contributed by atoms with Crippen LogP contribution in [0.25, 0.3) is 28.1 Å². The summed E-state index contributed by atoms with van der Waals surface area (Å²) in [5.41, 5.74) is 1.79. The van der Waals surface area contributed by atoms with E-state index in [2.05, 4.69) is 9.97 Å². The molecule has 0 aliphatic heterocycles. The molecule has 0 spiro atoms. The molecule has 0 unspecified atom stereocenters. The first kappa shape index (κ1) is 25.0. The van der Waals surface area contributed by atoms with E-state index >= 15 is 0 Å². The molecule has 3 aromatic heterocycles. The van der Waals surface area contributed by atoms with Crippen LogP contribution in [-0.2, 0) is 16.2 Å². The van der Waals surface area contributed by atoms with Crippen molar-refractivity contribution >= 4 is 32.7 Å². The van der Waals surface area contributed by atoms with Crippen molar-refractivity contribution in [1.29, 1.82) is 0 Å². The van der Waals surface area contributed by atoms with Gasteiger partial charge in [0.2, 0.25) is 10.0 Å². The van der Waals surface area contributed by atoms with Crippen molar-refractivity contribution in [3.8, 4) is 11.4 Å². The van der Waals surface area contributed by atoms with Crippen molar-refractivity contribution in [3.05, 3.63) is 59.9 Å². The number of nitrogens with one attached hydrogen (secondary N) is 1. The molecule has 5 rings (SSSR count). The van der Waals surface area contributed by atoms with E-state index in [-0.39, 0.29) is 28.0 Å². The molecule has 2 aliphatic rings. The molecule has 194 valence electrons. The fourth-order valence-electron chi connectivity index (χ4n) is 3.96. The van der Waals surface area contributed by atoms with Crippen LogP contribution >= 0.6 is 0 Å². The summed E-state index contributed by atoms with van der Waals surface area (Å²) in [6.45, 7) is 0. The number of rotatable bonds is 6. The lowest BCUT2D eigenvalue weighted by molar-refractivity contribution is -0.160. The SMILES string of the molecule is NC(=O)c1c(-c2ccc(S(=O)(=O)NC3(C(F)(F)F)CC3)cn2)n(C2=CC=C2)c2ncc(C(F)(F)F)cc12. The van der Waals surface area contributed by atoms with Crippen LogP contribution in [0, 0.1) is 0 Å². The second-order valence-corrected chi connectivity index (χ2v) is 10.2. The zero-order valence-corrected chi connectivity index (χ0v) is 19.2. The lowest BCUT2D eigenvalue weighted by Gasteiger charge is -2.20. The number of fused-ring (bicyclic) bond motifs is 1. The molecule has 0 radical (unpaired) electrons. The van der Waals surface area contributed by atoms with E-state index in [0.717, 1.165) is 24.4 Å². The maximum absolute atomic E-state index is 13.3. The largest absolute Gasteiger partial charge is 0.417 e. The molecule has 3 heterocycles. The minimum absolute atomic E-state index is 0.0339. The normalized spacial score (nSPS) is 17.0. The van der Waals surface area contributed by atoms with Crippen molar-refractivity contribution in [2.24, 2.45) is 5.73 Å². The minimum Gasteiger partial charge on any atom is -0.366 e. The Morgan fingerprint density at radius 3 is 2.22 bits per heavy atom. The third-order valence-corrected chi connectivity index (χ3v) is 7.61. The number of primary amides is 1. The van der Waals surface area contributed by atoms with Gasteiger partial charge in [0.25, 0.3) is 5.91 Å². The van der Waals surface area contributed by atoms with Crippen LogP contribution in [0.1, 0.15) is 28.8 Å². The van der Waals surface area contributed by atoms with Gasteiger partial charge in [-0.3, -0.25) is 14.3 Å². The fourth-order valence-corrected chi connectivity index (χ4v) is 5.35. The molecule has 0 saturated heterocycles. The third kappa shape index (κ3) is 4.07. The number of pyridine rings is 2. The molecule has 1 saturated carbocycles. The number of sulfonamides is 1. The number of hydrogen-bond donors (Lipinski definition) is 2. The third-order valence-electron chi connectivity index (χ3n) is 6.09. The molecule has 37 heavy (non-hydrogen) atoms. The molecule has 0 bridgehead atoms. The minimum atomic E-state index is -4.78. The van der Waals surface area contributed by atoms with E-state index in [1.807, 2.05) is 0 Å². The van der Waals surface area contributed by atoms with Crippen molar-refractivity contribution in [2.45, 2.75) is 35.6 Å². The topological polar surface area (TPSA) is 120 Å². The number of hydrogen-bond acceptors (Lipinski definition) is 5. The Hall–Kier alpha value is -3.72. The van der Waals surface area contributed by atoms with Gasteiger partial charge in [-0.1, -0.05) is 6.08 Å².